The first-order chi connectivity index (χ1) is 9.33. The van der Waals surface area contributed by atoms with Gasteiger partial charge in [0.1, 0.15) is 5.82 Å². The van der Waals surface area contributed by atoms with E-state index in [0.717, 1.165) is 25.1 Å². The zero-order valence-electron chi connectivity index (χ0n) is 10.7. The molecule has 2 aliphatic carbocycles. The normalized spacial score (nSPS) is 22.3. The average Bonchev–Trinajstić information content (AvgIpc) is 3.21. The van der Waals surface area contributed by atoms with Crippen molar-refractivity contribution in [2.45, 2.75) is 44.1 Å². The number of aryl methyl sites for hydroxylation is 1. The molecule has 98 valence electrons. The summed E-state index contributed by atoms with van der Waals surface area (Å²) >= 11 is 6.27. The van der Waals surface area contributed by atoms with Gasteiger partial charge in [0.2, 0.25) is 5.28 Å². The number of benzene rings is 1. The lowest BCUT2D eigenvalue weighted by Gasteiger charge is -2.27. The molecule has 0 aliphatic heterocycles. The van der Waals surface area contributed by atoms with E-state index >= 15 is 0 Å². The van der Waals surface area contributed by atoms with Crippen molar-refractivity contribution < 1.29 is 0 Å². The molecule has 19 heavy (non-hydrogen) atoms. The van der Waals surface area contributed by atoms with Crippen molar-refractivity contribution in [3.8, 4) is 0 Å². The molecule has 1 heterocycles. The maximum Gasteiger partial charge on any atom is 0.225 e. The number of hydrogen-bond donors (Lipinski definition) is 0. The van der Waals surface area contributed by atoms with E-state index in [1.54, 1.807) is 0 Å². The maximum absolute atomic E-state index is 6.27. The van der Waals surface area contributed by atoms with Crippen LogP contribution >= 0.6 is 11.6 Å². The third-order valence-corrected chi connectivity index (χ3v) is 4.57. The van der Waals surface area contributed by atoms with E-state index in [9.17, 15) is 0 Å². The fourth-order valence-electron chi connectivity index (χ4n) is 3.14. The lowest BCUT2D eigenvalue weighted by molar-refractivity contribution is 0.429. The molecule has 1 fully saturated rings. The highest BCUT2D eigenvalue weighted by Gasteiger charge is 2.33. The second-order valence-electron chi connectivity index (χ2n) is 5.64. The maximum atomic E-state index is 6.27. The minimum absolute atomic E-state index is 0.424. The summed E-state index contributed by atoms with van der Waals surface area (Å²) in [5.74, 6) is 1.70. The van der Waals surface area contributed by atoms with Crippen LogP contribution in [-0.2, 0) is 12.8 Å². The molecule has 1 saturated carbocycles. The van der Waals surface area contributed by atoms with Crippen molar-refractivity contribution in [1.29, 1.82) is 0 Å². The van der Waals surface area contributed by atoms with Gasteiger partial charge in [-0.25, -0.2) is 0 Å². The fourth-order valence-corrected chi connectivity index (χ4v) is 3.40. The highest BCUT2D eigenvalue weighted by molar-refractivity contribution is 6.28. The van der Waals surface area contributed by atoms with Gasteiger partial charge in [-0.1, -0.05) is 24.3 Å². The highest BCUT2D eigenvalue weighted by atomic mass is 35.5. The Bertz CT molecular complexity index is 616. The fraction of sp³-hybridized carbons (Fsp3) is 0.467. The number of nitrogens with zero attached hydrogens (tertiary/aromatic N) is 3. The second kappa shape index (κ2) is 4.34. The molecule has 1 atom stereocenters. The van der Waals surface area contributed by atoms with Gasteiger partial charge in [0.15, 0.2) is 0 Å². The van der Waals surface area contributed by atoms with E-state index in [-0.39, 0.29) is 0 Å². The predicted molar refractivity (Wildman–Crippen MR) is 74.5 cm³/mol. The molecule has 2 aromatic rings. The van der Waals surface area contributed by atoms with Crippen LogP contribution in [0.2, 0.25) is 5.28 Å². The third kappa shape index (κ3) is 1.96. The molecule has 3 nitrogen and oxygen atoms in total. The Labute approximate surface area is 117 Å². The molecule has 0 bridgehead atoms. The Morgan fingerprint density at radius 3 is 2.63 bits per heavy atom. The summed E-state index contributed by atoms with van der Waals surface area (Å²) in [6.45, 7) is 0. The molecule has 2 aliphatic rings. The van der Waals surface area contributed by atoms with Crippen LogP contribution in [0, 0.1) is 0 Å². The number of fused-ring (bicyclic) bond motifs is 1. The minimum atomic E-state index is 0.424. The molecule has 4 heteroatoms. The molecule has 1 unspecified atom stereocenters. The zero-order valence-corrected chi connectivity index (χ0v) is 11.5. The topological polar surface area (TPSA) is 30.7 Å². The summed E-state index contributed by atoms with van der Waals surface area (Å²) < 4.78 is 2.19. The Morgan fingerprint density at radius 1 is 1.05 bits per heavy atom. The molecular formula is C15H16ClN3. The van der Waals surface area contributed by atoms with Gasteiger partial charge in [-0.3, -0.25) is 4.57 Å². The monoisotopic (exact) mass is 273 g/mol. The highest BCUT2D eigenvalue weighted by Crippen LogP contribution is 2.42. The summed E-state index contributed by atoms with van der Waals surface area (Å²) in [4.78, 5) is 0. The smallest absolute Gasteiger partial charge is 0.225 e. The van der Waals surface area contributed by atoms with Gasteiger partial charge in [-0.15, -0.1) is 10.2 Å². The number of rotatable bonds is 2. The second-order valence-corrected chi connectivity index (χ2v) is 5.97. The standard InChI is InChI=1S/C15H16ClN3/c16-15-18-17-14(11-5-6-11)19(15)13-8-7-10-3-1-2-4-12(10)9-13/h1-4,11,13H,5-9H2. The van der Waals surface area contributed by atoms with Crippen LogP contribution < -0.4 is 0 Å². The molecule has 0 radical (unpaired) electrons. The first kappa shape index (κ1) is 11.5. The Morgan fingerprint density at radius 2 is 1.84 bits per heavy atom. The van der Waals surface area contributed by atoms with E-state index < -0.39 is 0 Å². The van der Waals surface area contributed by atoms with Crippen LogP contribution in [0.15, 0.2) is 24.3 Å². The first-order valence-electron chi connectivity index (χ1n) is 7.00. The zero-order chi connectivity index (χ0) is 12.8. The average molecular weight is 274 g/mol. The van der Waals surface area contributed by atoms with Gasteiger partial charge >= 0.3 is 0 Å². The summed E-state index contributed by atoms with van der Waals surface area (Å²) in [6, 6.07) is 9.14. The SMILES string of the molecule is Clc1nnc(C2CC2)n1C1CCc2ccccc2C1. The Kier molecular flexibility index (Phi) is 2.62. The molecule has 4 rings (SSSR count). The molecule has 0 N–H and O–H groups in total. The van der Waals surface area contributed by atoms with Crippen molar-refractivity contribution >= 4 is 11.6 Å². The quantitative estimate of drug-likeness (QED) is 0.838. The van der Waals surface area contributed by atoms with Gasteiger partial charge in [0.05, 0.1) is 0 Å². The lowest BCUT2D eigenvalue weighted by atomic mass is 9.88. The number of halogens is 1. The summed E-state index contributed by atoms with van der Waals surface area (Å²) in [7, 11) is 0. The summed E-state index contributed by atoms with van der Waals surface area (Å²) in [5.41, 5.74) is 2.93. The van der Waals surface area contributed by atoms with Crippen LogP contribution in [0.5, 0.6) is 0 Å². The summed E-state index contributed by atoms with van der Waals surface area (Å²) in [5, 5.41) is 8.94. The Balaban J connectivity index is 1.69. The predicted octanol–water partition coefficient (Wildman–Crippen LogP) is 3.54. The molecule has 0 saturated heterocycles. The molecule has 0 spiro atoms. The van der Waals surface area contributed by atoms with E-state index in [1.807, 2.05) is 0 Å². The molecule has 1 aromatic carbocycles. The van der Waals surface area contributed by atoms with Gasteiger partial charge in [-0.2, -0.15) is 0 Å². The van der Waals surface area contributed by atoms with Crippen molar-refractivity contribution in [2.75, 3.05) is 0 Å². The molecule has 0 amide bonds. The molecule has 1 aromatic heterocycles. The van der Waals surface area contributed by atoms with Gasteiger partial charge in [0, 0.05) is 12.0 Å². The van der Waals surface area contributed by atoms with Crippen LogP contribution in [0.3, 0.4) is 0 Å². The van der Waals surface area contributed by atoms with Crippen LogP contribution in [-0.4, -0.2) is 14.8 Å². The molecular weight excluding hydrogens is 258 g/mol. The van der Waals surface area contributed by atoms with Crippen LogP contribution in [0.1, 0.15) is 48.2 Å². The van der Waals surface area contributed by atoms with Gasteiger partial charge < -0.3 is 0 Å². The van der Waals surface area contributed by atoms with E-state index in [1.165, 1.54) is 24.0 Å². The van der Waals surface area contributed by atoms with Crippen molar-refractivity contribution in [3.63, 3.8) is 0 Å². The van der Waals surface area contributed by atoms with Crippen molar-refractivity contribution in [1.82, 2.24) is 14.8 Å². The third-order valence-electron chi connectivity index (χ3n) is 4.31. The minimum Gasteiger partial charge on any atom is -0.298 e. The Hall–Kier alpha value is -1.35. The number of aromatic nitrogens is 3. The van der Waals surface area contributed by atoms with Crippen molar-refractivity contribution in [2.24, 2.45) is 0 Å². The van der Waals surface area contributed by atoms with E-state index in [4.69, 9.17) is 11.6 Å². The largest absolute Gasteiger partial charge is 0.298 e. The van der Waals surface area contributed by atoms with E-state index in [2.05, 4.69) is 39.0 Å². The van der Waals surface area contributed by atoms with Gasteiger partial charge in [0.25, 0.3) is 0 Å². The van der Waals surface area contributed by atoms with Gasteiger partial charge in [-0.05, 0) is 54.8 Å². The number of hydrogen-bond acceptors (Lipinski definition) is 2. The van der Waals surface area contributed by atoms with Crippen LogP contribution in [0.25, 0.3) is 0 Å². The van der Waals surface area contributed by atoms with Crippen LogP contribution in [0.4, 0.5) is 0 Å². The lowest BCUT2D eigenvalue weighted by Crippen LogP contribution is -2.20. The van der Waals surface area contributed by atoms with Crippen molar-refractivity contribution in [3.05, 3.63) is 46.5 Å². The summed E-state index contributed by atoms with van der Waals surface area (Å²) in [6.07, 6.45) is 5.78. The first-order valence-corrected chi connectivity index (χ1v) is 7.38. The van der Waals surface area contributed by atoms with E-state index in [0.29, 0.717) is 17.2 Å².